The maximum Gasteiger partial charge on any atom is 0.154 e. The van der Waals surface area contributed by atoms with Gasteiger partial charge in [0.05, 0.1) is 11.0 Å². The van der Waals surface area contributed by atoms with E-state index in [0.717, 1.165) is 0 Å². The molecular weight excluding hydrogens is 190 g/mol. The zero-order chi connectivity index (χ0) is 10.5. The molecule has 0 aromatic heterocycles. The first-order valence-electron chi connectivity index (χ1n) is 4.38. The summed E-state index contributed by atoms with van der Waals surface area (Å²) in [5.41, 5.74) is 5.52. The topological polar surface area (TPSA) is 69.4 Å². The van der Waals surface area contributed by atoms with E-state index < -0.39 is 15.1 Å². The van der Waals surface area contributed by atoms with Crippen LogP contribution in [0.4, 0.5) is 0 Å². The number of sulfone groups is 1. The first kappa shape index (κ1) is 12.9. The maximum atomic E-state index is 11.5. The monoisotopic (exact) mass is 209 g/mol. The average Bonchev–Trinajstić information content (AvgIpc) is 2.03. The summed E-state index contributed by atoms with van der Waals surface area (Å²) in [4.78, 5) is 0. The molecule has 0 aromatic rings. The molecule has 0 amide bonds. The Bertz CT molecular complexity index is 224. The third-order valence-corrected chi connectivity index (χ3v) is 4.50. The highest BCUT2D eigenvalue weighted by molar-refractivity contribution is 7.92. The Hall–Kier alpha value is -0.130. The van der Waals surface area contributed by atoms with Gasteiger partial charge in [-0.1, -0.05) is 0 Å². The van der Waals surface area contributed by atoms with E-state index in [9.17, 15) is 8.42 Å². The van der Waals surface area contributed by atoms with Gasteiger partial charge in [0.15, 0.2) is 9.84 Å². The van der Waals surface area contributed by atoms with Crippen LogP contribution in [-0.4, -0.2) is 39.2 Å². The highest BCUT2D eigenvalue weighted by atomic mass is 32.2. The van der Waals surface area contributed by atoms with Crippen molar-refractivity contribution in [2.75, 3.05) is 19.5 Å². The van der Waals surface area contributed by atoms with Gasteiger partial charge in [-0.3, -0.25) is 0 Å². The summed E-state index contributed by atoms with van der Waals surface area (Å²) in [5, 5.41) is -0.468. The molecule has 0 saturated heterocycles. The van der Waals surface area contributed by atoms with Crippen molar-refractivity contribution in [2.24, 2.45) is 5.73 Å². The summed E-state index contributed by atoms with van der Waals surface area (Å²) in [6.45, 7) is 3.83. The normalized spacial score (nSPS) is 16.9. The van der Waals surface area contributed by atoms with Crippen molar-refractivity contribution in [3.8, 4) is 0 Å². The summed E-state index contributed by atoms with van der Waals surface area (Å²) in [5.74, 6) is 0.156. The standard InChI is InChI=1S/C8H19NO3S/c1-7(9)8(2)13(10,11)6-4-5-12-3/h7-8H,4-6,9H2,1-3H3. The lowest BCUT2D eigenvalue weighted by Gasteiger charge is -2.15. The molecule has 0 saturated carbocycles. The van der Waals surface area contributed by atoms with Crippen LogP contribution < -0.4 is 5.73 Å². The minimum Gasteiger partial charge on any atom is -0.385 e. The van der Waals surface area contributed by atoms with E-state index >= 15 is 0 Å². The Morgan fingerprint density at radius 1 is 1.38 bits per heavy atom. The SMILES string of the molecule is COCCCS(=O)(=O)C(C)C(C)N. The molecule has 0 heterocycles. The van der Waals surface area contributed by atoms with E-state index in [1.54, 1.807) is 21.0 Å². The van der Waals surface area contributed by atoms with Crippen LogP contribution in [0.2, 0.25) is 0 Å². The Morgan fingerprint density at radius 2 is 1.92 bits per heavy atom. The molecule has 0 spiro atoms. The zero-order valence-electron chi connectivity index (χ0n) is 8.49. The van der Waals surface area contributed by atoms with Gasteiger partial charge in [-0.05, 0) is 20.3 Å². The van der Waals surface area contributed by atoms with Crippen molar-refractivity contribution in [3.05, 3.63) is 0 Å². The van der Waals surface area contributed by atoms with Crippen molar-refractivity contribution in [1.29, 1.82) is 0 Å². The van der Waals surface area contributed by atoms with E-state index in [1.807, 2.05) is 0 Å². The fourth-order valence-corrected chi connectivity index (χ4v) is 2.46. The Kier molecular flexibility index (Phi) is 5.51. The molecule has 80 valence electrons. The van der Waals surface area contributed by atoms with Gasteiger partial charge in [-0.15, -0.1) is 0 Å². The average molecular weight is 209 g/mol. The molecule has 0 aliphatic heterocycles. The Morgan fingerprint density at radius 3 is 2.31 bits per heavy atom. The smallest absolute Gasteiger partial charge is 0.154 e. The second-order valence-electron chi connectivity index (χ2n) is 3.28. The molecule has 0 rings (SSSR count). The van der Waals surface area contributed by atoms with Crippen molar-refractivity contribution < 1.29 is 13.2 Å². The van der Waals surface area contributed by atoms with Crippen LogP contribution in [0.25, 0.3) is 0 Å². The quantitative estimate of drug-likeness (QED) is 0.633. The Balaban J connectivity index is 4.08. The molecule has 2 N–H and O–H groups in total. The third-order valence-electron chi connectivity index (χ3n) is 2.08. The van der Waals surface area contributed by atoms with Gasteiger partial charge >= 0.3 is 0 Å². The summed E-state index contributed by atoms with van der Waals surface area (Å²) < 4.78 is 27.8. The van der Waals surface area contributed by atoms with E-state index in [2.05, 4.69) is 0 Å². The molecule has 0 radical (unpaired) electrons. The molecule has 13 heavy (non-hydrogen) atoms. The summed E-state index contributed by atoms with van der Waals surface area (Å²) >= 11 is 0. The second kappa shape index (κ2) is 5.57. The Labute approximate surface area is 80.4 Å². The first-order chi connectivity index (χ1) is 5.91. The largest absolute Gasteiger partial charge is 0.385 e. The molecule has 0 aliphatic carbocycles. The fourth-order valence-electron chi connectivity index (χ4n) is 0.917. The number of ether oxygens (including phenoxy) is 1. The first-order valence-corrected chi connectivity index (χ1v) is 6.09. The van der Waals surface area contributed by atoms with Crippen molar-refractivity contribution >= 4 is 9.84 Å². The van der Waals surface area contributed by atoms with Crippen molar-refractivity contribution in [2.45, 2.75) is 31.6 Å². The summed E-state index contributed by atoms with van der Waals surface area (Å²) in [6.07, 6.45) is 0.538. The molecule has 0 bridgehead atoms. The van der Waals surface area contributed by atoms with E-state index in [4.69, 9.17) is 10.5 Å². The lowest BCUT2D eigenvalue weighted by Crippen LogP contribution is -2.37. The number of rotatable bonds is 6. The fraction of sp³-hybridized carbons (Fsp3) is 1.00. The van der Waals surface area contributed by atoms with Crippen LogP contribution in [0.1, 0.15) is 20.3 Å². The highest BCUT2D eigenvalue weighted by Gasteiger charge is 2.23. The minimum absolute atomic E-state index is 0.156. The van der Waals surface area contributed by atoms with Gasteiger partial charge in [0.25, 0.3) is 0 Å². The van der Waals surface area contributed by atoms with Crippen LogP contribution in [0.3, 0.4) is 0 Å². The zero-order valence-corrected chi connectivity index (χ0v) is 9.30. The van der Waals surface area contributed by atoms with Crippen LogP contribution in [0.5, 0.6) is 0 Å². The predicted octanol–water partition coefficient (Wildman–Crippen LogP) is 0.173. The highest BCUT2D eigenvalue weighted by Crippen LogP contribution is 2.06. The van der Waals surface area contributed by atoms with Gasteiger partial charge in [0.2, 0.25) is 0 Å². The molecule has 0 aliphatic rings. The maximum absolute atomic E-state index is 11.5. The summed E-state index contributed by atoms with van der Waals surface area (Å²) in [6, 6.07) is -0.312. The minimum atomic E-state index is -3.04. The van der Waals surface area contributed by atoms with Crippen molar-refractivity contribution in [3.63, 3.8) is 0 Å². The molecule has 0 fully saturated rings. The molecule has 5 heteroatoms. The van der Waals surface area contributed by atoms with Crippen molar-refractivity contribution in [1.82, 2.24) is 0 Å². The predicted molar refractivity (Wildman–Crippen MR) is 53.4 cm³/mol. The van der Waals surface area contributed by atoms with Crippen LogP contribution in [-0.2, 0) is 14.6 Å². The second-order valence-corrected chi connectivity index (χ2v) is 5.76. The molecule has 2 unspecified atom stereocenters. The molecule has 0 aromatic carbocycles. The third kappa shape index (κ3) is 4.59. The van der Waals surface area contributed by atoms with E-state index in [-0.39, 0.29) is 11.8 Å². The number of methoxy groups -OCH3 is 1. The van der Waals surface area contributed by atoms with Gasteiger partial charge in [-0.2, -0.15) is 0 Å². The van der Waals surface area contributed by atoms with Crippen LogP contribution >= 0.6 is 0 Å². The number of hydrogen-bond donors (Lipinski definition) is 1. The van der Waals surface area contributed by atoms with Crippen LogP contribution in [0, 0.1) is 0 Å². The lowest BCUT2D eigenvalue weighted by molar-refractivity contribution is 0.199. The van der Waals surface area contributed by atoms with Gasteiger partial charge in [-0.25, -0.2) is 8.42 Å². The van der Waals surface area contributed by atoms with Gasteiger partial charge in [0.1, 0.15) is 0 Å². The molecular formula is C8H19NO3S. The number of hydrogen-bond acceptors (Lipinski definition) is 4. The molecule has 2 atom stereocenters. The van der Waals surface area contributed by atoms with E-state index in [1.165, 1.54) is 0 Å². The number of nitrogens with two attached hydrogens (primary N) is 1. The van der Waals surface area contributed by atoms with Crippen LogP contribution in [0.15, 0.2) is 0 Å². The van der Waals surface area contributed by atoms with E-state index in [0.29, 0.717) is 13.0 Å². The lowest BCUT2D eigenvalue weighted by atomic mass is 10.3. The molecule has 4 nitrogen and oxygen atoms in total. The summed E-state index contributed by atoms with van der Waals surface area (Å²) in [7, 11) is -1.48. The van der Waals surface area contributed by atoms with Gasteiger partial charge in [0, 0.05) is 19.8 Å². The van der Waals surface area contributed by atoms with Gasteiger partial charge < -0.3 is 10.5 Å².